The van der Waals surface area contributed by atoms with Crippen molar-refractivity contribution in [3.05, 3.63) is 0 Å². The summed E-state index contributed by atoms with van der Waals surface area (Å²) in [7, 11) is 0. The Morgan fingerprint density at radius 3 is 1.13 bits per heavy atom. The topological polar surface area (TPSA) is 552 Å². The number of nitrogens with one attached hydrogen (secondary N) is 7. The van der Waals surface area contributed by atoms with E-state index in [1.807, 2.05) is 0 Å². The lowest BCUT2D eigenvalue weighted by Gasteiger charge is -2.42. The number of carbonyl (C=O) groups excluding carboxylic acids is 7. The van der Waals surface area contributed by atoms with E-state index in [1.165, 1.54) is 20.8 Å². The molecule has 0 unspecified atom stereocenters. The molecular weight excluding hydrogens is 1340 g/mol. The predicted octanol–water partition coefficient (Wildman–Crippen LogP) is -8.69. The highest BCUT2D eigenvalue weighted by molar-refractivity contribution is 5.90. The molecule has 0 radical (unpaired) electrons. The van der Waals surface area contributed by atoms with Gasteiger partial charge in [-0.1, -0.05) is 0 Å². The minimum Gasteiger partial charge on any atom is -0.480 e. The second-order valence-corrected chi connectivity index (χ2v) is 23.4. The first-order valence-electron chi connectivity index (χ1n) is 33.5. The van der Waals surface area contributed by atoms with Gasteiger partial charge in [0.05, 0.1) is 150 Å². The fraction of sp³-hybridized carbons (Fsp3) is 0.869. The van der Waals surface area contributed by atoms with Gasteiger partial charge in [0.2, 0.25) is 41.4 Å². The van der Waals surface area contributed by atoms with Crippen molar-refractivity contribution in [1.29, 1.82) is 0 Å². The summed E-state index contributed by atoms with van der Waals surface area (Å²) in [5, 5.41) is 118. The van der Waals surface area contributed by atoms with E-state index in [4.69, 9.17) is 66.3 Å². The molecule has 2 heterocycles. The Hall–Kier alpha value is -5.16. The number of carboxylic acids is 1. The van der Waals surface area contributed by atoms with Crippen molar-refractivity contribution in [3.8, 4) is 0 Å². The summed E-state index contributed by atoms with van der Waals surface area (Å²) in [5.74, 6) is -5.70. The SMILES string of the molecule is CC(=O)N[C@@H]1[C@@H](O)[C@@H](O)[C@@H](CO)C[C@H]1OCCOCCOCCOCC(=O)NCCCC[C@H](NC(=O)COCCOCCOCCO[C@@H]1O[C@H](CO)[C@H](O)[C@H](O)[C@H]1NC(C)=O)C(=O)N[C@@H](CCCCNC(=O)COCCOCCOCCO[C@@H]1O[C@H](CO)[C@H](O)[C@H](O)[C@H]1NC(C)=O)C(=O)O. The Balaban J connectivity index is 1.34. The van der Waals surface area contributed by atoms with Gasteiger partial charge < -0.3 is 155 Å². The van der Waals surface area contributed by atoms with Gasteiger partial charge in [-0.15, -0.1) is 0 Å². The number of rotatable bonds is 56. The van der Waals surface area contributed by atoms with Gasteiger partial charge in [0.1, 0.15) is 86.7 Å². The fourth-order valence-corrected chi connectivity index (χ4v) is 10.3. The molecular formula is C61H109N7O32. The molecule has 0 aromatic rings. The van der Waals surface area contributed by atoms with Gasteiger partial charge in [0.15, 0.2) is 12.6 Å². The highest BCUT2D eigenvalue weighted by Crippen LogP contribution is 2.28. The van der Waals surface area contributed by atoms with Gasteiger partial charge >= 0.3 is 5.97 Å². The molecule has 3 rings (SSSR count). The van der Waals surface area contributed by atoms with E-state index < -0.39 is 171 Å². The molecule has 0 aromatic heterocycles. The van der Waals surface area contributed by atoms with Gasteiger partial charge in [0.25, 0.3) is 0 Å². The van der Waals surface area contributed by atoms with Crippen LogP contribution < -0.4 is 37.2 Å². The predicted molar refractivity (Wildman–Crippen MR) is 340 cm³/mol. The van der Waals surface area contributed by atoms with E-state index in [0.717, 1.165) is 0 Å². The van der Waals surface area contributed by atoms with Crippen LogP contribution in [-0.4, -0.2) is 368 Å². The third-order valence-electron chi connectivity index (χ3n) is 15.5. The number of carboxylic acid groups (broad SMARTS) is 1. The third kappa shape index (κ3) is 36.3. The lowest BCUT2D eigenvalue weighted by molar-refractivity contribution is -0.272. The summed E-state index contributed by atoms with van der Waals surface area (Å²) >= 11 is 0. The van der Waals surface area contributed by atoms with Crippen molar-refractivity contribution in [3.63, 3.8) is 0 Å². The van der Waals surface area contributed by atoms with E-state index >= 15 is 0 Å². The third-order valence-corrected chi connectivity index (χ3v) is 15.5. The maximum atomic E-state index is 13.6. The molecule has 3 fully saturated rings. The van der Waals surface area contributed by atoms with Crippen LogP contribution in [0.25, 0.3) is 0 Å². The second kappa shape index (κ2) is 52.7. The van der Waals surface area contributed by atoms with E-state index in [1.54, 1.807) is 0 Å². The molecule has 3 aliphatic rings. The normalized spacial score (nSPS) is 25.8. The minimum atomic E-state index is -1.47. The number of amides is 7. The standard InChI is InChI=1S/C61H109N7O32/c1-37(72)64-49-43(30-40(31-69)52(78)55(49)81)96-27-24-90-15-12-87-18-21-93-34-46(75)62-10-6-4-8-41(67-48(77)36-95-23-20-89-14-17-92-26-29-98-61-51(66-39(3)74)57(83)54(80)45(33-71)100-61)58(84)68-42(59(85)86)9-5-7-11-63-47(76)35-94-22-19-88-13-16-91-25-28-97-60-50(65-38(2)73)56(82)53(79)44(32-70)99-60/h40-45,49-57,60-61,69-71,78-83H,4-36H2,1-3H3,(H,62,75)(H,63,76)(H,64,72)(H,65,73)(H,66,74)(H,67,77)(H,68,84)(H,85,86)/t40-,41+,42+,43-,44-,45-,49+,50-,51-,52+,53+,54+,55-,56-,57-,60-,61-/m1/s1. The van der Waals surface area contributed by atoms with Crippen LogP contribution >= 0.6 is 0 Å². The molecule has 17 atom stereocenters. The smallest absolute Gasteiger partial charge is 0.326 e. The molecule has 1 aliphatic carbocycles. The van der Waals surface area contributed by atoms with E-state index in [-0.39, 0.29) is 178 Å². The summed E-state index contributed by atoms with van der Waals surface area (Å²) in [5.41, 5.74) is 0. The van der Waals surface area contributed by atoms with Crippen molar-refractivity contribution in [2.45, 2.75) is 163 Å². The molecule has 2 saturated heterocycles. The fourth-order valence-electron chi connectivity index (χ4n) is 10.3. The monoisotopic (exact) mass is 1450 g/mol. The van der Waals surface area contributed by atoms with E-state index in [9.17, 15) is 89.4 Å². The highest BCUT2D eigenvalue weighted by atomic mass is 16.7. The summed E-state index contributed by atoms with van der Waals surface area (Å²) in [6.07, 6.45) is -12.2. The van der Waals surface area contributed by atoms with Crippen molar-refractivity contribution < 1.29 is 156 Å². The van der Waals surface area contributed by atoms with Gasteiger partial charge in [-0.2, -0.15) is 0 Å². The summed E-state index contributed by atoms with van der Waals surface area (Å²) < 4.78 is 77.0. The van der Waals surface area contributed by atoms with Crippen molar-refractivity contribution >= 4 is 47.3 Å². The molecule has 39 heteroatoms. The van der Waals surface area contributed by atoms with Crippen LogP contribution in [0, 0.1) is 5.92 Å². The first-order chi connectivity index (χ1) is 48.0. The largest absolute Gasteiger partial charge is 0.480 e. The molecule has 580 valence electrons. The average Bonchev–Trinajstić information content (AvgIpc) is 0.824. The van der Waals surface area contributed by atoms with Crippen LogP contribution in [0.2, 0.25) is 0 Å². The van der Waals surface area contributed by atoms with E-state index in [0.29, 0.717) is 19.3 Å². The number of aliphatic hydroxyl groups excluding tert-OH is 9. The minimum absolute atomic E-state index is 0.0148. The lowest BCUT2D eigenvalue weighted by Crippen LogP contribution is -2.64. The van der Waals surface area contributed by atoms with Gasteiger partial charge in [0, 0.05) is 46.4 Å². The zero-order chi connectivity index (χ0) is 73.6. The zero-order valence-electron chi connectivity index (χ0n) is 57.1. The van der Waals surface area contributed by atoms with Crippen LogP contribution in [-0.2, 0) is 105 Å². The van der Waals surface area contributed by atoms with E-state index in [2.05, 4.69) is 37.2 Å². The molecule has 0 bridgehead atoms. The van der Waals surface area contributed by atoms with Gasteiger partial charge in [-0.05, 0) is 44.9 Å². The summed E-state index contributed by atoms with van der Waals surface area (Å²) in [4.78, 5) is 98.9. The first-order valence-corrected chi connectivity index (χ1v) is 33.5. The molecule has 7 amide bonds. The number of aliphatic hydroxyl groups is 9. The van der Waals surface area contributed by atoms with Crippen molar-refractivity contribution in [1.82, 2.24) is 37.2 Å². The number of hydrogen-bond donors (Lipinski definition) is 17. The highest BCUT2D eigenvalue weighted by Gasteiger charge is 2.47. The maximum absolute atomic E-state index is 13.6. The molecule has 39 nitrogen and oxygen atoms in total. The Morgan fingerprint density at radius 1 is 0.400 bits per heavy atom. The lowest BCUT2D eigenvalue weighted by atomic mass is 9.79. The summed E-state index contributed by atoms with van der Waals surface area (Å²) in [6, 6.07) is -5.64. The molecule has 0 aromatic carbocycles. The van der Waals surface area contributed by atoms with Crippen LogP contribution in [0.1, 0.15) is 65.7 Å². The van der Waals surface area contributed by atoms with Gasteiger partial charge in [-0.25, -0.2) is 4.79 Å². The second-order valence-electron chi connectivity index (χ2n) is 23.4. The molecule has 17 N–H and O–H groups in total. The summed E-state index contributed by atoms with van der Waals surface area (Å²) in [6.45, 7) is 3.19. The number of ether oxygens (including phenoxy) is 14. The molecule has 2 aliphatic heterocycles. The Kier molecular flexibility index (Phi) is 47.0. The van der Waals surface area contributed by atoms with Crippen LogP contribution in [0.3, 0.4) is 0 Å². The van der Waals surface area contributed by atoms with Crippen molar-refractivity contribution in [2.75, 3.05) is 172 Å². The van der Waals surface area contributed by atoms with Crippen LogP contribution in [0.4, 0.5) is 0 Å². The molecule has 100 heavy (non-hydrogen) atoms. The molecule has 0 spiro atoms. The number of hydrogen-bond acceptors (Lipinski definition) is 31. The van der Waals surface area contributed by atoms with Crippen molar-refractivity contribution in [2.24, 2.45) is 5.92 Å². The zero-order valence-corrected chi connectivity index (χ0v) is 57.1. The van der Waals surface area contributed by atoms with Crippen LogP contribution in [0.15, 0.2) is 0 Å². The Bertz CT molecular complexity index is 2310. The average molecular weight is 1450 g/mol. The number of aliphatic carboxylic acids is 1. The molecule has 1 saturated carbocycles. The maximum Gasteiger partial charge on any atom is 0.326 e. The quantitative estimate of drug-likeness (QED) is 0.0252. The Morgan fingerprint density at radius 2 is 0.750 bits per heavy atom. The van der Waals surface area contributed by atoms with Gasteiger partial charge in [-0.3, -0.25) is 33.6 Å². The Labute approximate surface area is 579 Å². The first kappa shape index (κ1) is 89.1. The van der Waals surface area contributed by atoms with Crippen LogP contribution in [0.5, 0.6) is 0 Å². The number of carbonyl (C=O) groups is 8. The number of unbranched alkanes of at least 4 members (excludes halogenated alkanes) is 2.